The van der Waals surface area contributed by atoms with Crippen LogP contribution in [0.25, 0.3) is 0 Å². The van der Waals surface area contributed by atoms with Crippen LogP contribution in [-0.4, -0.2) is 39.1 Å². The molecule has 0 saturated carbocycles. The first-order chi connectivity index (χ1) is 8.81. The van der Waals surface area contributed by atoms with Gasteiger partial charge in [0.2, 0.25) is 5.91 Å². The van der Waals surface area contributed by atoms with Gasteiger partial charge in [-0.1, -0.05) is 13.8 Å². The van der Waals surface area contributed by atoms with Crippen molar-refractivity contribution in [3.63, 3.8) is 0 Å². The van der Waals surface area contributed by atoms with Crippen molar-refractivity contribution >= 4 is 17.8 Å². The van der Waals surface area contributed by atoms with Gasteiger partial charge in [0.25, 0.3) is 5.91 Å². The fraction of sp³-hybridized carbons (Fsp3) is 0.455. The van der Waals surface area contributed by atoms with E-state index in [-0.39, 0.29) is 11.6 Å². The zero-order chi connectivity index (χ0) is 14.6. The number of nitrogens with two attached hydrogens (primary N) is 1. The van der Waals surface area contributed by atoms with E-state index in [1.165, 1.54) is 6.07 Å². The second-order valence-electron chi connectivity index (χ2n) is 4.40. The van der Waals surface area contributed by atoms with E-state index in [2.05, 4.69) is 15.5 Å². The van der Waals surface area contributed by atoms with Crippen molar-refractivity contribution in [1.29, 1.82) is 0 Å². The number of rotatable bonds is 6. The number of hydrogen-bond donors (Lipinski definition) is 4. The van der Waals surface area contributed by atoms with Gasteiger partial charge in [0.05, 0.1) is 6.42 Å². The summed E-state index contributed by atoms with van der Waals surface area (Å²) in [5, 5.41) is 17.5. The molecule has 5 N–H and O–H groups in total. The SMILES string of the molecule is CC(C)c1cc(C(=O)N[C@@H](CC(N)=O)C(=O)O)n[nH]1. The molecule has 0 radical (unpaired) electrons. The van der Waals surface area contributed by atoms with Gasteiger partial charge in [-0.2, -0.15) is 5.10 Å². The lowest BCUT2D eigenvalue weighted by Crippen LogP contribution is -2.43. The fourth-order valence-electron chi connectivity index (χ4n) is 1.38. The van der Waals surface area contributed by atoms with Crippen molar-refractivity contribution in [1.82, 2.24) is 15.5 Å². The van der Waals surface area contributed by atoms with E-state index >= 15 is 0 Å². The van der Waals surface area contributed by atoms with Gasteiger partial charge in [0.15, 0.2) is 0 Å². The Morgan fingerprint density at radius 3 is 2.53 bits per heavy atom. The molecule has 19 heavy (non-hydrogen) atoms. The molecule has 0 aliphatic rings. The normalized spacial score (nSPS) is 12.2. The Morgan fingerprint density at radius 1 is 1.47 bits per heavy atom. The molecule has 0 spiro atoms. The number of aromatic amines is 1. The second kappa shape index (κ2) is 5.98. The van der Waals surface area contributed by atoms with Crippen molar-refractivity contribution in [3.8, 4) is 0 Å². The van der Waals surface area contributed by atoms with Crippen molar-refractivity contribution in [2.75, 3.05) is 0 Å². The quantitative estimate of drug-likeness (QED) is 0.555. The number of aliphatic carboxylic acids is 1. The van der Waals surface area contributed by atoms with E-state index in [9.17, 15) is 14.4 Å². The number of carboxylic acids is 1. The van der Waals surface area contributed by atoms with E-state index in [1.54, 1.807) is 0 Å². The summed E-state index contributed by atoms with van der Waals surface area (Å²) in [5.74, 6) is -2.64. The van der Waals surface area contributed by atoms with Crippen LogP contribution in [-0.2, 0) is 9.59 Å². The molecule has 104 valence electrons. The lowest BCUT2D eigenvalue weighted by molar-refractivity contribution is -0.140. The Balaban J connectivity index is 2.75. The minimum Gasteiger partial charge on any atom is -0.480 e. The minimum absolute atomic E-state index is 0.0689. The number of carbonyl (C=O) groups is 3. The average Bonchev–Trinajstić information content (AvgIpc) is 2.76. The van der Waals surface area contributed by atoms with Crippen LogP contribution in [0.5, 0.6) is 0 Å². The van der Waals surface area contributed by atoms with Crippen molar-refractivity contribution < 1.29 is 19.5 Å². The first-order valence-electron chi connectivity index (χ1n) is 5.68. The zero-order valence-corrected chi connectivity index (χ0v) is 10.6. The smallest absolute Gasteiger partial charge is 0.326 e. The van der Waals surface area contributed by atoms with Crippen molar-refractivity contribution in [2.24, 2.45) is 5.73 Å². The highest BCUT2D eigenvalue weighted by atomic mass is 16.4. The van der Waals surface area contributed by atoms with E-state index in [0.717, 1.165) is 5.69 Å². The Morgan fingerprint density at radius 2 is 2.11 bits per heavy atom. The maximum Gasteiger partial charge on any atom is 0.326 e. The van der Waals surface area contributed by atoms with Crippen LogP contribution in [0.2, 0.25) is 0 Å². The number of aromatic nitrogens is 2. The monoisotopic (exact) mass is 268 g/mol. The molecule has 1 aromatic rings. The van der Waals surface area contributed by atoms with Gasteiger partial charge in [0.1, 0.15) is 11.7 Å². The van der Waals surface area contributed by atoms with Gasteiger partial charge in [-0.05, 0) is 12.0 Å². The molecular weight excluding hydrogens is 252 g/mol. The van der Waals surface area contributed by atoms with Gasteiger partial charge in [-0.25, -0.2) is 4.79 Å². The molecule has 1 heterocycles. The molecule has 8 heteroatoms. The largest absolute Gasteiger partial charge is 0.480 e. The molecule has 1 aromatic heterocycles. The first-order valence-corrected chi connectivity index (χ1v) is 5.68. The molecular formula is C11H16N4O4. The van der Waals surface area contributed by atoms with E-state index < -0.39 is 30.2 Å². The van der Waals surface area contributed by atoms with E-state index in [1.807, 2.05) is 13.8 Å². The molecule has 0 bridgehead atoms. The Bertz CT molecular complexity index is 495. The molecule has 0 saturated heterocycles. The lowest BCUT2D eigenvalue weighted by Gasteiger charge is -2.11. The molecule has 0 unspecified atom stereocenters. The molecule has 0 aliphatic carbocycles. The van der Waals surface area contributed by atoms with Crippen LogP contribution >= 0.6 is 0 Å². The van der Waals surface area contributed by atoms with E-state index in [0.29, 0.717) is 0 Å². The number of carbonyl (C=O) groups excluding carboxylic acids is 2. The van der Waals surface area contributed by atoms with E-state index in [4.69, 9.17) is 10.8 Å². The number of H-pyrrole nitrogens is 1. The molecule has 0 aliphatic heterocycles. The van der Waals surface area contributed by atoms with Gasteiger partial charge < -0.3 is 16.2 Å². The number of nitrogens with zero attached hydrogens (tertiary/aromatic N) is 1. The fourth-order valence-corrected chi connectivity index (χ4v) is 1.38. The first kappa shape index (κ1) is 14.7. The van der Waals surface area contributed by atoms with Crippen LogP contribution in [0.3, 0.4) is 0 Å². The molecule has 1 atom stereocenters. The predicted molar refractivity (Wildman–Crippen MR) is 65.4 cm³/mol. The van der Waals surface area contributed by atoms with Crippen molar-refractivity contribution in [3.05, 3.63) is 17.5 Å². The summed E-state index contributed by atoms with van der Waals surface area (Å²) in [6, 6.07) is 0.174. The highest BCUT2D eigenvalue weighted by Gasteiger charge is 2.24. The van der Waals surface area contributed by atoms with Gasteiger partial charge >= 0.3 is 5.97 Å². The summed E-state index contributed by atoms with van der Waals surface area (Å²) in [7, 11) is 0. The molecule has 1 rings (SSSR count). The summed E-state index contributed by atoms with van der Waals surface area (Å²) in [4.78, 5) is 33.3. The average molecular weight is 268 g/mol. The number of carboxylic acid groups (broad SMARTS) is 1. The summed E-state index contributed by atoms with van der Waals surface area (Å²) < 4.78 is 0. The summed E-state index contributed by atoms with van der Waals surface area (Å²) in [6.45, 7) is 3.84. The number of amides is 2. The highest BCUT2D eigenvalue weighted by molar-refractivity contribution is 5.96. The third-order valence-electron chi connectivity index (χ3n) is 2.46. The van der Waals surface area contributed by atoms with Crippen molar-refractivity contribution in [2.45, 2.75) is 32.2 Å². The topological polar surface area (TPSA) is 138 Å². The highest BCUT2D eigenvalue weighted by Crippen LogP contribution is 2.11. The van der Waals surface area contributed by atoms with Crippen LogP contribution < -0.4 is 11.1 Å². The molecule has 2 amide bonds. The van der Waals surface area contributed by atoms with Crippen LogP contribution in [0.1, 0.15) is 42.4 Å². The van der Waals surface area contributed by atoms with Crippen LogP contribution in [0.4, 0.5) is 0 Å². The molecule has 8 nitrogen and oxygen atoms in total. The summed E-state index contributed by atoms with van der Waals surface area (Å²) in [6.07, 6.45) is -0.470. The van der Waals surface area contributed by atoms with Gasteiger partial charge in [0, 0.05) is 5.69 Å². The molecule has 0 aromatic carbocycles. The third kappa shape index (κ3) is 4.09. The number of primary amides is 1. The van der Waals surface area contributed by atoms with Gasteiger partial charge in [-0.15, -0.1) is 0 Å². The third-order valence-corrected chi connectivity index (χ3v) is 2.46. The maximum atomic E-state index is 11.8. The standard InChI is InChI=1S/C11H16N4O4/c1-5(2)6-3-7(15-14-6)10(17)13-8(11(18)19)4-9(12)16/h3,5,8H,4H2,1-2H3,(H2,12,16)(H,13,17)(H,14,15)(H,18,19)/t8-/m0/s1. The summed E-state index contributed by atoms with van der Waals surface area (Å²) in [5.41, 5.74) is 5.74. The summed E-state index contributed by atoms with van der Waals surface area (Å²) >= 11 is 0. The molecule has 0 fully saturated rings. The van der Waals surface area contributed by atoms with Gasteiger partial charge in [-0.3, -0.25) is 14.7 Å². The lowest BCUT2D eigenvalue weighted by atomic mass is 10.1. The Labute approximate surface area is 109 Å². The van der Waals surface area contributed by atoms with Crippen LogP contribution in [0.15, 0.2) is 6.07 Å². The Kier molecular flexibility index (Phi) is 4.62. The maximum absolute atomic E-state index is 11.8. The Hall–Kier alpha value is -2.38. The predicted octanol–water partition coefficient (Wildman–Crippen LogP) is -0.408. The zero-order valence-electron chi connectivity index (χ0n) is 10.6. The number of hydrogen-bond acceptors (Lipinski definition) is 4. The van der Waals surface area contributed by atoms with Crippen LogP contribution in [0, 0.1) is 0 Å². The minimum atomic E-state index is -1.36. The number of nitrogens with one attached hydrogen (secondary N) is 2. The second-order valence-corrected chi connectivity index (χ2v) is 4.40.